The van der Waals surface area contributed by atoms with E-state index in [0.29, 0.717) is 10.2 Å². The third-order valence-corrected chi connectivity index (χ3v) is 3.38. The number of hydrogen-bond acceptors (Lipinski definition) is 3. The topological polar surface area (TPSA) is 87.5 Å². The van der Waals surface area contributed by atoms with Gasteiger partial charge in [-0.1, -0.05) is 15.9 Å². The van der Waals surface area contributed by atoms with Gasteiger partial charge in [-0.15, -0.1) is 0 Å². The third kappa shape index (κ3) is 2.33. The fraction of sp³-hybridized carbons (Fsp3) is 0. The van der Waals surface area contributed by atoms with E-state index in [2.05, 4.69) is 26.0 Å². The SMILES string of the molecule is O=C(O)c1cc(=O)n2[nH]c(-c3ccc(Br)cc3F)cc2n1. The largest absolute Gasteiger partial charge is 0.477 e. The number of aromatic amines is 1. The van der Waals surface area contributed by atoms with Gasteiger partial charge in [0.1, 0.15) is 5.82 Å². The van der Waals surface area contributed by atoms with E-state index >= 15 is 0 Å². The van der Waals surface area contributed by atoms with Crippen LogP contribution in [0.25, 0.3) is 16.9 Å². The van der Waals surface area contributed by atoms with Crippen molar-refractivity contribution in [3.63, 3.8) is 0 Å². The molecule has 6 nitrogen and oxygen atoms in total. The molecule has 0 unspecified atom stereocenters. The van der Waals surface area contributed by atoms with Gasteiger partial charge in [0.25, 0.3) is 5.56 Å². The number of rotatable bonds is 2. The van der Waals surface area contributed by atoms with Crippen LogP contribution in [-0.4, -0.2) is 25.7 Å². The molecule has 0 spiro atoms. The number of fused-ring (bicyclic) bond motifs is 1. The van der Waals surface area contributed by atoms with Crippen LogP contribution in [0.15, 0.2) is 39.6 Å². The summed E-state index contributed by atoms with van der Waals surface area (Å²) in [5, 5.41) is 11.6. The molecule has 0 fully saturated rings. The number of H-pyrrole nitrogens is 1. The van der Waals surface area contributed by atoms with Crippen LogP contribution in [-0.2, 0) is 0 Å². The number of carboxylic acid groups (broad SMARTS) is 1. The van der Waals surface area contributed by atoms with Gasteiger partial charge in [0.05, 0.1) is 5.69 Å². The fourth-order valence-corrected chi connectivity index (χ4v) is 2.28. The Labute approximate surface area is 125 Å². The summed E-state index contributed by atoms with van der Waals surface area (Å²) in [6, 6.07) is 6.80. The third-order valence-electron chi connectivity index (χ3n) is 2.89. The maximum atomic E-state index is 13.9. The second-order valence-electron chi connectivity index (χ2n) is 4.27. The van der Waals surface area contributed by atoms with Crippen molar-refractivity contribution in [2.75, 3.05) is 0 Å². The van der Waals surface area contributed by atoms with Gasteiger partial charge in [-0.25, -0.2) is 18.7 Å². The maximum absolute atomic E-state index is 13.9. The average Bonchev–Trinajstić information content (AvgIpc) is 2.82. The maximum Gasteiger partial charge on any atom is 0.354 e. The van der Waals surface area contributed by atoms with Gasteiger partial charge in [0.15, 0.2) is 11.3 Å². The van der Waals surface area contributed by atoms with Crippen molar-refractivity contribution in [2.24, 2.45) is 0 Å². The molecule has 0 aliphatic rings. The van der Waals surface area contributed by atoms with Crippen LogP contribution in [0.4, 0.5) is 4.39 Å². The summed E-state index contributed by atoms with van der Waals surface area (Å²) in [6.07, 6.45) is 0. The van der Waals surface area contributed by atoms with Crippen molar-refractivity contribution in [1.29, 1.82) is 0 Å². The monoisotopic (exact) mass is 351 g/mol. The van der Waals surface area contributed by atoms with Crippen LogP contribution >= 0.6 is 15.9 Å². The minimum Gasteiger partial charge on any atom is -0.477 e. The molecule has 0 saturated heterocycles. The first-order valence-corrected chi connectivity index (χ1v) is 6.56. The van der Waals surface area contributed by atoms with Gasteiger partial charge >= 0.3 is 5.97 Å². The van der Waals surface area contributed by atoms with E-state index in [1.165, 1.54) is 18.2 Å². The highest BCUT2D eigenvalue weighted by atomic mass is 79.9. The normalized spacial score (nSPS) is 11.0. The van der Waals surface area contributed by atoms with Crippen LogP contribution in [0, 0.1) is 5.82 Å². The van der Waals surface area contributed by atoms with Gasteiger partial charge in [-0.05, 0) is 18.2 Å². The molecule has 21 heavy (non-hydrogen) atoms. The van der Waals surface area contributed by atoms with Gasteiger partial charge < -0.3 is 5.11 Å². The molecule has 0 atom stereocenters. The highest BCUT2D eigenvalue weighted by molar-refractivity contribution is 9.10. The lowest BCUT2D eigenvalue weighted by Crippen LogP contribution is -2.17. The lowest BCUT2D eigenvalue weighted by molar-refractivity contribution is 0.0690. The van der Waals surface area contributed by atoms with Crippen molar-refractivity contribution in [2.45, 2.75) is 0 Å². The number of carboxylic acids is 1. The number of carbonyl (C=O) groups is 1. The molecule has 3 aromatic rings. The zero-order valence-corrected chi connectivity index (χ0v) is 11.9. The molecule has 0 bridgehead atoms. The molecule has 3 rings (SSSR count). The predicted molar refractivity (Wildman–Crippen MR) is 75.9 cm³/mol. The molecular formula is C13H7BrFN3O3. The molecule has 106 valence electrons. The lowest BCUT2D eigenvalue weighted by atomic mass is 10.1. The summed E-state index contributed by atoms with van der Waals surface area (Å²) in [5.41, 5.74) is -0.257. The Morgan fingerprint density at radius 2 is 2.10 bits per heavy atom. The summed E-state index contributed by atoms with van der Waals surface area (Å²) in [4.78, 5) is 26.5. The zero-order valence-electron chi connectivity index (χ0n) is 10.3. The van der Waals surface area contributed by atoms with E-state index < -0.39 is 17.3 Å². The van der Waals surface area contributed by atoms with Crippen LogP contribution in [0.2, 0.25) is 0 Å². The summed E-state index contributed by atoms with van der Waals surface area (Å²) in [5.74, 6) is -1.78. The molecular weight excluding hydrogens is 345 g/mol. The number of aromatic nitrogens is 3. The molecule has 0 saturated carbocycles. The Bertz CT molecular complexity index is 932. The second-order valence-corrected chi connectivity index (χ2v) is 5.19. The van der Waals surface area contributed by atoms with Gasteiger partial charge in [-0.3, -0.25) is 9.89 Å². The fourth-order valence-electron chi connectivity index (χ4n) is 1.95. The lowest BCUT2D eigenvalue weighted by Gasteiger charge is -2.00. The highest BCUT2D eigenvalue weighted by Gasteiger charge is 2.13. The molecule has 0 amide bonds. The zero-order chi connectivity index (χ0) is 15.1. The van der Waals surface area contributed by atoms with Crippen molar-refractivity contribution >= 4 is 27.5 Å². The molecule has 2 heterocycles. The predicted octanol–water partition coefficient (Wildman–Crippen LogP) is 2.29. The van der Waals surface area contributed by atoms with Crippen molar-refractivity contribution < 1.29 is 14.3 Å². The van der Waals surface area contributed by atoms with Crippen LogP contribution in [0.1, 0.15) is 10.5 Å². The number of nitrogens with one attached hydrogen (secondary N) is 1. The number of benzene rings is 1. The molecule has 0 aliphatic heterocycles. The Balaban J connectivity index is 2.24. The Morgan fingerprint density at radius 1 is 1.33 bits per heavy atom. The van der Waals surface area contributed by atoms with Crippen LogP contribution < -0.4 is 5.56 Å². The number of halogens is 2. The number of aromatic carboxylic acids is 1. The molecule has 8 heteroatoms. The highest BCUT2D eigenvalue weighted by Crippen LogP contribution is 2.24. The summed E-state index contributed by atoms with van der Waals surface area (Å²) < 4.78 is 15.6. The first-order valence-electron chi connectivity index (χ1n) is 5.77. The number of nitrogens with zero attached hydrogens (tertiary/aromatic N) is 2. The minimum absolute atomic E-state index is 0.109. The Kier molecular flexibility index (Phi) is 3.09. The van der Waals surface area contributed by atoms with Crippen molar-refractivity contribution in [3.05, 3.63) is 56.7 Å². The van der Waals surface area contributed by atoms with Crippen LogP contribution in [0.3, 0.4) is 0 Å². The van der Waals surface area contributed by atoms with Gasteiger partial charge in [0.2, 0.25) is 0 Å². The van der Waals surface area contributed by atoms with E-state index in [1.807, 2.05) is 0 Å². The molecule has 0 radical (unpaired) electrons. The molecule has 2 N–H and O–H groups in total. The van der Waals surface area contributed by atoms with E-state index in [1.54, 1.807) is 6.07 Å². The standard InChI is InChI=1S/C13H7BrFN3O3/c14-6-1-2-7(8(15)3-6)9-4-11-16-10(13(20)21)5-12(19)18(11)17-9/h1-5,17H,(H,20,21). The number of hydrogen-bond donors (Lipinski definition) is 2. The molecule has 0 aliphatic carbocycles. The molecule has 2 aromatic heterocycles. The minimum atomic E-state index is -1.30. The van der Waals surface area contributed by atoms with Crippen LogP contribution in [0.5, 0.6) is 0 Å². The molecule has 1 aromatic carbocycles. The van der Waals surface area contributed by atoms with Gasteiger partial charge in [-0.2, -0.15) is 0 Å². The quantitative estimate of drug-likeness (QED) is 0.741. The smallest absolute Gasteiger partial charge is 0.354 e. The summed E-state index contributed by atoms with van der Waals surface area (Å²) in [6.45, 7) is 0. The second kappa shape index (κ2) is 4.81. The Hall–Kier alpha value is -2.48. The first kappa shape index (κ1) is 13.5. The summed E-state index contributed by atoms with van der Waals surface area (Å²) in [7, 11) is 0. The van der Waals surface area contributed by atoms with Crippen molar-refractivity contribution in [3.8, 4) is 11.3 Å². The summed E-state index contributed by atoms with van der Waals surface area (Å²) >= 11 is 3.16. The first-order chi connectivity index (χ1) is 9.95. The average molecular weight is 352 g/mol. The van der Waals surface area contributed by atoms with E-state index in [4.69, 9.17) is 5.11 Å². The van der Waals surface area contributed by atoms with E-state index in [9.17, 15) is 14.0 Å². The van der Waals surface area contributed by atoms with E-state index in [0.717, 1.165) is 10.6 Å². The van der Waals surface area contributed by atoms with Gasteiger partial charge in [0, 0.05) is 22.2 Å². The Morgan fingerprint density at radius 3 is 2.76 bits per heavy atom. The van der Waals surface area contributed by atoms with Crippen molar-refractivity contribution in [1.82, 2.24) is 14.6 Å². The van der Waals surface area contributed by atoms with E-state index in [-0.39, 0.29) is 16.9 Å².